The second kappa shape index (κ2) is 7.84. The highest BCUT2D eigenvalue weighted by Gasteiger charge is 2.35. The first-order chi connectivity index (χ1) is 12.6. The third-order valence-electron chi connectivity index (χ3n) is 3.90. The van der Waals surface area contributed by atoms with Crippen LogP contribution >= 0.6 is 12.2 Å². The van der Waals surface area contributed by atoms with Crippen LogP contribution in [0.1, 0.15) is 11.1 Å². The molecule has 0 bridgehead atoms. The lowest BCUT2D eigenvalue weighted by atomic mass is 9.90. The Morgan fingerprint density at radius 3 is 2.50 bits per heavy atom. The highest BCUT2D eigenvalue weighted by molar-refractivity contribution is 7.80. The summed E-state index contributed by atoms with van der Waals surface area (Å²) in [7, 11) is 1.59. The van der Waals surface area contributed by atoms with Crippen LogP contribution in [0.15, 0.2) is 65.7 Å². The Morgan fingerprint density at radius 1 is 1.15 bits per heavy atom. The predicted molar refractivity (Wildman–Crippen MR) is 104 cm³/mol. The van der Waals surface area contributed by atoms with Gasteiger partial charge >= 0.3 is 0 Å². The van der Waals surface area contributed by atoms with Gasteiger partial charge in [-0.1, -0.05) is 48.5 Å². The number of thiocarbonyl (C=S) groups is 1. The summed E-state index contributed by atoms with van der Waals surface area (Å²) < 4.78 is 5.11. The fourth-order valence-corrected chi connectivity index (χ4v) is 2.80. The number of nitrogens with zero attached hydrogens (tertiary/aromatic N) is 1. The monoisotopic (exact) mass is 364 g/mol. The number of allylic oxidation sites excluding steroid dienone is 1. The molecule has 5 nitrogen and oxygen atoms in total. The van der Waals surface area contributed by atoms with E-state index in [4.69, 9.17) is 17.0 Å². The van der Waals surface area contributed by atoms with E-state index in [1.54, 1.807) is 37.5 Å². The van der Waals surface area contributed by atoms with Crippen LogP contribution in [0, 0.1) is 5.92 Å². The molecule has 0 fully saturated rings. The standard InChI is InChI=1S/C20H16N2O3S/c1-25-15-10-7-13(8-11-15)9-12-16(23)17-18(14-5-3-2-4-6-14)21-20(26)22-19(17)24/h2-12,17H,1H3,(H,22,24,26)/b12-9+. The van der Waals surface area contributed by atoms with Crippen molar-refractivity contribution < 1.29 is 14.3 Å². The molecule has 0 spiro atoms. The first-order valence-corrected chi connectivity index (χ1v) is 8.34. The number of hydrogen-bond acceptors (Lipinski definition) is 4. The van der Waals surface area contributed by atoms with Crippen LogP contribution in [0.2, 0.25) is 0 Å². The van der Waals surface area contributed by atoms with Crippen molar-refractivity contribution in [2.24, 2.45) is 10.9 Å². The summed E-state index contributed by atoms with van der Waals surface area (Å²) in [5.41, 5.74) is 1.88. The summed E-state index contributed by atoms with van der Waals surface area (Å²) in [6, 6.07) is 16.3. The van der Waals surface area contributed by atoms with Crippen molar-refractivity contribution in [2.75, 3.05) is 7.11 Å². The number of methoxy groups -OCH3 is 1. The lowest BCUT2D eigenvalue weighted by molar-refractivity contribution is -0.128. The molecule has 130 valence electrons. The lowest BCUT2D eigenvalue weighted by Gasteiger charge is -2.21. The summed E-state index contributed by atoms with van der Waals surface area (Å²) in [6.07, 6.45) is 3.05. The van der Waals surface area contributed by atoms with E-state index in [-0.39, 0.29) is 10.9 Å². The van der Waals surface area contributed by atoms with Crippen molar-refractivity contribution in [1.29, 1.82) is 0 Å². The summed E-state index contributed by atoms with van der Waals surface area (Å²) in [4.78, 5) is 29.3. The topological polar surface area (TPSA) is 67.8 Å². The molecule has 3 rings (SSSR count). The van der Waals surface area contributed by atoms with E-state index < -0.39 is 11.8 Å². The molecule has 1 amide bonds. The maximum Gasteiger partial charge on any atom is 0.243 e. The first-order valence-electron chi connectivity index (χ1n) is 7.93. The molecular weight excluding hydrogens is 348 g/mol. The molecule has 2 aromatic carbocycles. The number of amides is 1. The van der Waals surface area contributed by atoms with Crippen LogP contribution < -0.4 is 10.1 Å². The van der Waals surface area contributed by atoms with E-state index >= 15 is 0 Å². The minimum Gasteiger partial charge on any atom is -0.497 e. The van der Waals surface area contributed by atoms with E-state index in [2.05, 4.69) is 10.3 Å². The van der Waals surface area contributed by atoms with Crippen molar-refractivity contribution in [2.45, 2.75) is 0 Å². The zero-order valence-electron chi connectivity index (χ0n) is 14.0. The third-order valence-corrected chi connectivity index (χ3v) is 4.09. The largest absolute Gasteiger partial charge is 0.497 e. The quantitative estimate of drug-likeness (QED) is 0.503. The molecular formula is C20H16N2O3S. The highest BCUT2D eigenvalue weighted by Crippen LogP contribution is 2.18. The summed E-state index contributed by atoms with van der Waals surface area (Å²) >= 11 is 5.00. The Morgan fingerprint density at radius 2 is 1.85 bits per heavy atom. The maximum absolute atomic E-state index is 12.7. The van der Waals surface area contributed by atoms with Crippen molar-refractivity contribution in [3.63, 3.8) is 0 Å². The summed E-state index contributed by atoms with van der Waals surface area (Å²) in [5.74, 6) is -1.12. The molecule has 1 aliphatic rings. The fourth-order valence-electron chi connectivity index (χ4n) is 2.60. The van der Waals surface area contributed by atoms with E-state index in [0.717, 1.165) is 11.3 Å². The molecule has 0 saturated heterocycles. The lowest BCUT2D eigenvalue weighted by Crippen LogP contribution is -2.46. The van der Waals surface area contributed by atoms with Gasteiger partial charge in [-0.15, -0.1) is 0 Å². The van der Waals surface area contributed by atoms with Crippen LogP contribution in [0.25, 0.3) is 6.08 Å². The minimum atomic E-state index is -1.03. The minimum absolute atomic E-state index is 0.0667. The summed E-state index contributed by atoms with van der Waals surface area (Å²) in [6.45, 7) is 0. The fraction of sp³-hybridized carbons (Fsp3) is 0.100. The molecule has 1 unspecified atom stereocenters. The van der Waals surface area contributed by atoms with E-state index in [9.17, 15) is 9.59 Å². The molecule has 1 N–H and O–H groups in total. The number of ketones is 1. The molecule has 0 aliphatic carbocycles. The summed E-state index contributed by atoms with van der Waals surface area (Å²) in [5, 5.41) is 2.52. The van der Waals surface area contributed by atoms with Gasteiger partial charge in [0.15, 0.2) is 10.9 Å². The second-order valence-corrected chi connectivity index (χ2v) is 5.99. The number of benzene rings is 2. The number of rotatable bonds is 5. The maximum atomic E-state index is 12.7. The molecule has 0 aromatic heterocycles. The second-order valence-electron chi connectivity index (χ2n) is 5.60. The Labute approximate surface area is 156 Å². The average molecular weight is 364 g/mol. The van der Waals surface area contributed by atoms with Crippen LogP contribution in [-0.2, 0) is 9.59 Å². The molecule has 1 aliphatic heterocycles. The van der Waals surface area contributed by atoms with Crippen molar-refractivity contribution >= 4 is 40.8 Å². The SMILES string of the molecule is COc1ccc(/C=C/C(=O)C2C(=O)NC(=S)N=C2c2ccccc2)cc1. The Bertz CT molecular complexity index is 902. The van der Waals surface area contributed by atoms with Crippen molar-refractivity contribution in [3.8, 4) is 5.75 Å². The number of carbonyl (C=O) groups is 2. The van der Waals surface area contributed by atoms with Gasteiger partial charge in [-0.25, -0.2) is 4.99 Å². The van der Waals surface area contributed by atoms with Crippen LogP contribution in [0.3, 0.4) is 0 Å². The Hall–Kier alpha value is -3.12. The molecule has 0 radical (unpaired) electrons. The molecule has 6 heteroatoms. The van der Waals surface area contributed by atoms with Gasteiger partial charge in [-0.05, 0) is 41.6 Å². The normalized spacial score (nSPS) is 17.0. The average Bonchev–Trinajstić information content (AvgIpc) is 2.66. The van der Waals surface area contributed by atoms with Gasteiger partial charge in [0.05, 0.1) is 12.8 Å². The van der Waals surface area contributed by atoms with E-state index in [1.807, 2.05) is 30.3 Å². The number of ether oxygens (including phenoxy) is 1. The number of nitrogens with one attached hydrogen (secondary N) is 1. The van der Waals surface area contributed by atoms with Crippen LogP contribution in [-0.4, -0.2) is 29.6 Å². The highest BCUT2D eigenvalue weighted by atomic mass is 32.1. The predicted octanol–water partition coefficient (Wildman–Crippen LogP) is 2.80. The molecule has 1 atom stereocenters. The Balaban J connectivity index is 1.87. The zero-order valence-corrected chi connectivity index (χ0v) is 14.8. The van der Waals surface area contributed by atoms with Crippen LogP contribution in [0.5, 0.6) is 5.75 Å². The van der Waals surface area contributed by atoms with Gasteiger partial charge in [0.2, 0.25) is 5.91 Å². The van der Waals surface area contributed by atoms with Gasteiger partial charge in [0, 0.05) is 0 Å². The van der Waals surface area contributed by atoms with Crippen molar-refractivity contribution in [1.82, 2.24) is 5.32 Å². The molecule has 0 saturated carbocycles. The number of aliphatic imine (C=N–C) groups is 1. The van der Waals surface area contributed by atoms with Gasteiger partial charge in [0.25, 0.3) is 0 Å². The van der Waals surface area contributed by atoms with Gasteiger partial charge in [0.1, 0.15) is 11.7 Å². The Kier molecular flexibility index (Phi) is 5.34. The molecule has 2 aromatic rings. The number of hydrogen-bond donors (Lipinski definition) is 1. The van der Waals surface area contributed by atoms with Gasteiger partial charge in [-0.3, -0.25) is 9.59 Å². The third kappa shape index (κ3) is 3.92. The van der Waals surface area contributed by atoms with Crippen molar-refractivity contribution in [3.05, 3.63) is 71.8 Å². The van der Waals surface area contributed by atoms with E-state index in [0.29, 0.717) is 11.3 Å². The smallest absolute Gasteiger partial charge is 0.243 e. The molecule has 1 heterocycles. The van der Waals surface area contributed by atoms with E-state index in [1.165, 1.54) is 6.08 Å². The van der Waals surface area contributed by atoms with Gasteiger partial charge in [-0.2, -0.15) is 0 Å². The first kappa shape index (κ1) is 17.7. The van der Waals surface area contributed by atoms with Crippen LogP contribution in [0.4, 0.5) is 0 Å². The molecule has 26 heavy (non-hydrogen) atoms. The van der Waals surface area contributed by atoms with Gasteiger partial charge < -0.3 is 10.1 Å². The number of carbonyl (C=O) groups excluding carboxylic acids is 2. The zero-order chi connectivity index (χ0) is 18.5.